The van der Waals surface area contributed by atoms with Gasteiger partial charge in [-0.05, 0) is 45.4 Å². The van der Waals surface area contributed by atoms with Crippen LogP contribution < -0.4 is 0 Å². The van der Waals surface area contributed by atoms with Crippen LogP contribution in [0.1, 0.15) is 59.3 Å². The van der Waals surface area contributed by atoms with Gasteiger partial charge in [0.1, 0.15) is 0 Å². The molecule has 0 saturated carbocycles. The van der Waals surface area contributed by atoms with Crippen LogP contribution in [0, 0.1) is 0 Å². The van der Waals surface area contributed by atoms with Gasteiger partial charge in [-0.1, -0.05) is 62.5 Å². The highest BCUT2D eigenvalue weighted by molar-refractivity contribution is 5.74. The highest BCUT2D eigenvalue weighted by Gasteiger charge is 2.17. The van der Waals surface area contributed by atoms with E-state index in [4.69, 9.17) is 9.47 Å². The summed E-state index contributed by atoms with van der Waals surface area (Å²) in [6.45, 7) is 6.82. The number of hydrogen-bond donors (Lipinski definition) is 0. The smallest absolute Gasteiger partial charge is 0.335 e. The topological polar surface area (TPSA) is 35.5 Å². The summed E-state index contributed by atoms with van der Waals surface area (Å²) in [5, 5.41) is 0. The Hall–Kier alpha value is -1.61. The van der Waals surface area contributed by atoms with Gasteiger partial charge in [0.25, 0.3) is 0 Å². The van der Waals surface area contributed by atoms with Crippen molar-refractivity contribution in [1.29, 1.82) is 0 Å². The van der Waals surface area contributed by atoms with Crippen molar-refractivity contribution in [3.05, 3.63) is 48.6 Å². The molecule has 0 aliphatic heterocycles. The molecule has 0 amide bonds. The van der Waals surface area contributed by atoms with Gasteiger partial charge in [0, 0.05) is 0 Å². The van der Waals surface area contributed by atoms with Crippen molar-refractivity contribution in [2.75, 3.05) is 13.2 Å². The van der Waals surface area contributed by atoms with Crippen LogP contribution in [-0.2, 0) is 14.3 Å². The van der Waals surface area contributed by atoms with E-state index >= 15 is 0 Å². The fourth-order valence-corrected chi connectivity index (χ4v) is 1.96. The van der Waals surface area contributed by atoms with Crippen LogP contribution in [0.3, 0.4) is 0 Å². The molecular weight excluding hydrogens is 300 g/mol. The van der Waals surface area contributed by atoms with Gasteiger partial charge in [-0.15, -0.1) is 0 Å². The second-order valence-electron chi connectivity index (χ2n) is 5.31. The highest BCUT2D eigenvalue weighted by atomic mass is 16.6. The van der Waals surface area contributed by atoms with Gasteiger partial charge in [-0.25, -0.2) is 4.79 Å². The van der Waals surface area contributed by atoms with Gasteiger partial charge in [0.05, 0.1) is 13.2 Å². The summed E-state index contributed by atoms with van der Waals surface area (Å²) in [6.07, 6.45) is 22.4. The van der Waals surface area contributed by atoms with Gasteiger partial charge < -0.3 is 9.47 Å². The first-order valence-corrected chi connectivity index (χ1v) is 9.14. The number of allylic oxidation sites excluding steroid dienone is 7. The largest absolute Gasteiger partial charge is 0.464 e. The summed E-state index contributed by atoms with van der Waals surface area (Å²) < 4.78 is 10.5. The van der Waals surface area contributed by atoms with Crippen LogP contribution in [0.4, 0.5) is 0 Å². The van der Waals surface area contributed by atoms with E-state index in [2.05, 4.69) is 55.5 Å². The predicted octanol–water partition coefficient (Wildman–Crippen LogP) is 5.54. The highest BCUT2D eigenvalue weighted by Crippen LogP contribution is 2.03. The number of hydrogen-bond acceptors (Lipinski definition) is 3. The number of rotatable bonds is 14. The van der Waals surface area contributed by atoms with E-state index in [-0.39, 0.29) is 5.97 Å². The number of carbonyl (C=O) groups excluding carboxylic acids is 1. The third-order valence-electron chi connectivity index (χ3n) is 3.24. The summed E-state index contributed by atoms with van der Waals surface area (Å²) in [5.74, 6) is -0.259. The average molecular weight is 335 g/mol. The molecule has 0 fully saturated rings. The van der Waals surface area contributed by atoms with Crippen molar-refractivity contribution in [2.45, 2.75) is 65.4 Å². The zero-order chi connectivity index (χ0) is 17.9. The molecule has 0 radical (unpaired) electrons. The molecule has 0 bridgehead atoms. The molecule has 0 aromatic carbocycles. The summed E-state index contributed by atoms with van der Waals surface area (Å²) in [6, 6.07) is 0. The first-order valence-electron chi connectivity index (χ1n) is 9.14. The molecule has 0 aromatic rings. The molecule has 0 rings (SSSR count). The quantitative estimate of drug-likeness (QED) is 0.238. The second-order valence-corrected chi connectivity index (χ2v) is 5.31. The molecule has 0 N–H and O–H groups in total. The molecule has 136 valence electrons. The standard InChI is InChI=1S/C21H34O3/c1-4-7-8-9-10-11-12-13-14-15-16-17-18-19-24-20(5-2)21(22)23-6-3/h7-8,10-11,13-14,16-17,20H,4-6,9,12,15,18-19H2,1-3H3. The van der Waals surface area contributed by atoms with Crippen LogP contribution in [0.2, 0.25) is 0 Å². The minimum Gasteiger partial charge on any atom is -0.464 e. The average Bonchev–Trinajstić information content (AvgIpc) is 2.58. The zero-order valence-corrected chi connectivity index (χ0v) is 15.6. The molecule has 0 saturated heterocycles. The molecule has 3 nitrogen and oxygen atoms in total. The molecule has 0 heterocycles. The van der Waals surface area contributed by atoms with Crippen molar-refractivity contribution in [3.8, 4) is 0 Å². The molecule has 0 aliphatic rings. The lowest BCUT2D eigenvalue weighted by Crippen LogP contribution is -2.26. The van der Waals surface area contributed by atoms with Gasteiger partial charge in [-0.3, -0.25) is 0 Å². The van der Waals surface area contributed by atoms with Crippen LogP contribution >= 0.6 is 0 Å². The van der Waals surface area contributed by atoms with E-state index in [1.165, 1.54) is 0 Å². The monoisotopic (exact) mass is 334 g/mol. The lowest BCUT2D eigenvalue weighted by atomic mass is 10.2. The molecule has 24 heavy (non-hydrogen) atoms. The molecule has 0 aromatic heterocycles. The van der Waals surface area contributed by atoms with E-state index in [0.29, 0.717) is 19.6 Å². The lowest BCUT2D eigenvalue weighted by Gasteiger charge is -2.13. The first-order chi connectivity index (χ1) is 11.8. The molecule has 3 heteroatoms. The zero-order valence-electron chi connectivity index (χ0n) is 15.6. The fraction of sp³-hybridized carbons (Fsp3) is 0.571. The number of carbonyl (C=O) groups is 1. The number of esters is 1. The number of ether oxygens (including phenoxy) is 2. The molecule has 0 spiro atoms. The summed E-state index contributed by atoms with van der Waals surface area (Å²) in [5.41, 5.74) is 0. The van der Waals surface area contributed by atoms with Crippen molar-refractivity contribution < 1.29 is 14.3 Å². The van der Waals surface area contributed by atoms with E-state index in [9.17, 15) is 4.79 Å². The third-order valence-corrected chi connectivity index (χ3v) is 3.24. The van der Waals surface area contributed by atoms with Crippen LogP contribution in [-0.4, -0.2) is 25.3 Å². The minimum atomic E-state index is -0.433. The Labute approximate surface area is 148 Å². The minimum absolute atomic E-state index is 0.259. The normalized spacial score (nSPS) is 13.6. The molecular formula is C21H34O3. The van der Waals surface area contributed by atoms with E-state index < -0.39 is 6.10 Å². The second kappa shape index (κ2) is 17.7. The van der Waals surface area contributed by atoms with Crippen LogP contribution in [0.15, 0.2) is 48.6 Å². The SMILES string of the molecule is CCC=CCC=CCC=CCC=CCCOC(CC)C(=O)OCC. The predicted molar refractivity (Wildman–Crippen MR) is 102 cm³/mol. The van der Waals surface area contributed by atoms with E-state index in [1.807, 2.05) is 6.92 Å². The lowest BCUT2D eigenvalue weighted by molar-refractivity contribution is -0.156. The first kappa shape index (κ1) is 22.4. The molecule has 1 atom stereocenters. The summed E-state index contributed by atoms with van der Waals surface area (Å²) in [4.78, 5) is 11.6. The summed E-state index contributed by atoms with van der Waals surface area (Å²) in [7, 11) is 0. The Morgan fingerprint density at radius 3 is 1.88 bits per heavy atom. The third kappa shape index (κ3) is 14.0. The fourth-order valence-electron chi connectivity index (χ4n) is 1.96. The van der Waals surface area contributed by atoms with Gasteiger partial charge in [0.2, 0.25) is 0 Å². The molecule has 0 aliphatic carbocycles. The van der Waals surface area contributed by atoms with Gasteiger partial charge in [0.15, 0.2) is 6.10 Å². The van der Waals surface area contributed by atoms with E-state index in [0.717, 1.165) is 32.1 Å². The van der Waals surface area contributed by atoms with Gasteiger partial charge >= 0.3 is 5.97 Å². The molecule has 1 unspecified atom stereocenters. The van der Waals surface area contributed by atoms with E-state index in [1.54, 1.807) is 6.92 Å². The van der Waals surface area contributed by atoms with Gasteiger partial charge in [-0.2, -0.15) is 0 Å². The maximum Gasteiger partial charge on any atom is 0.335 e. The maximum absolute atomic E-state index is 11.6. The maximum atomic E-state index is 11.6. The Balaban J connectivity index is 3.66. The van der Waals surface area contributed by atoms with Crippen molar-refractivity contribution in [1.82, 2.24) is 0 Å². The van der Waals surface area contributed by atoms with Crippen LogP contribution in [0.25, 0.3) is 0 Å². The summed E-state index contributed by atoms with van der Waals surface area (Å²) >= 11 is 0. The Bertz CT molecular complexity index is 405. The van der Waals surface area contributed by atoms with Crippen molar-refractivity contribution in [3.63, 3.8) is 0 Å². The Morgan fingerprint density at radius 2 is 1.38 bits per heavy atom. The Kier molecular flexibility index (Phi) is 16.5. The van der Waals surface area contributed by atoms with Crippen molar-refractivity contribution >= 4 is 5.97 Å². The van der Waals surface area contributed by atoms with Crippen LogP contribution in [0.5, 0.6) is 0 Å². The van der Waals surface area contributed by atoms with Crippen molar-refractivity contribution in [2.24, 2.45) is 0 Å². The Morgan fingerprint density at radius 1 is 0.833 bits per heavy atom.